The zero-order valence-electron chi connectivity index (χ0n) is 11.7. The lowest BCUT2D eigenvalue weighted by Gasteiger charge is -2.14. The molecule has 0 unspecified atom stereocenters. The molecule has 0 aromatic heterocycles. The van der Waals surface area contributed by atoms with Gasteiger partial charge in [0.05, 0.1) is 20.8 Å². The molecule has 0 fully saturated rings. The molecular weight excluding hydrogens is 230 g/mol. The van der Waals surface area contributed by atoms with E-state index in [1.54, 1.807) is 14.2 Å². The van der Waals surface area contributed by atoms with Gasteiger partial charge < -0.3 is 19.1 Å². The molecule has 0 amide bonds. The van der Waals surface area contributed by atoms with Gasteiger partial charge in [0.25, 0.3) is 0 Å². The van der Waals surface area contributed by atoms with Gasteiger partial charge in [0.15, 0.2) is 11.5 Å². The molecule has 0 N–H and O–H groups in total. The summed E-state index contributed by atoms with van der Waals surface area (Å²) in [5.74, 6) is 2.11. The summed E-state index contributed by atoms with van der Waals surface area (Å²) in [6.45, 7) is 1.75. The molecule has 18 heavy (non-hydrogen) atoms. The highest BCUT2D eigenvalue weighted by atomic mass is 16.5. The lowest BCUT2D eigenvalue weighted by atomic mass is 10.3. The van der Waals surface area contributed by atoms with Gasteiger partial charge in [0.2, 0.25) is 5.75 Å². The molecule has 0 aliphatic rings. The Morgan fingerprint density at radius 3 is 2.11 bits per heavy atom. The maximum Gasteiger partial charge on any atom is 0.203 e. The van der Waals surface area contributed by atoms with Crippen molar-refractivity contribution >= 4 is 0 Å². The first kappa shape index (κ1) is 14.6. The molecule has 1 rings (SSSR count). The molecule has 0 radical (unpaired) electrons. The summed E-state index contributed by atoms with van der Waals surface area (Å²) >= 11 is 0. The second kappa shape index (κ2) is 7.82. The average Bonchev–Trinajstić information content (AvgIpc) is 2.37. The van der Waals surface area contributed by atoms with E-state index in [0.29, 0.717) is 23.9 Å². The van der Waals surface area contributed by atoms with E-state index in [1.165, 1.54) is 0 Å². The molecule has 0 spiro atoms. The number of hydrogen-bond acceptors (Lipinski definition) is 4. The van der Waals surface area contributed by atoms with Crippen LogP contribution in [0.2, 0.25) is 0 Å². The normalized spacial score (nSPS) is 10.5. The van der Waals surface area contributed by atoms with Crippen LogP contribution in [-0.2, 0) is 0 Å². The molecule has 4 heteroatoms. The standard InChI is InChI=1S/C14H23NO3/c1-15(2)10-5-6-11-18-14-12(16-3)8-7-9-13(14)17-4/h7-9H,5-6,10-11H2,1-4H3. The van der Waals surface area contributed by atoms with Crippen molar-refractivity contribution in [1.29, 1.82) is 0 Å². The Morgan fingerprint density at radius 2 is 1.61 bits per heavy atom. The van der Waals surface area contributed by atoms with Crippen LogP contribution in [0, 0.1) is 0 Å². The van der Waals surface area contributed by atoms with Crippen LogP contribution in [0.25, 0.3) is 0 Å². The van der Waals surface area contributed by atoms with Crippen molar-refractivity contribution in [2.45, 2.75) is 12.8 Å². The van der Waals surface area contributed by atoms with Crippen molar-refractivity contribution in [2.75, 3.05) is 41.5 Å². The Labute approximate surface area is 109 Å². The third-order valence-electron chi connectivity index (χ3n) is 2.63. The van der Waals surface area contributed by atoms with Crippen LogP contribution in [0.1, 0.15) is 12.8 Å². The number of methoxy groups -OCH3 is 2. The largest absolute Gasteiger partial charge is 0.493 e. The van der Waals surface area contributed by atoms with E-state index in [-0.39, 0.29) is 0 Å². The van der Waals surface area contributed by atoms with E-state index < -0.39 is 0 Å². The maximum absolute atomic E-state index is 5.76. The fourth-order valence-electron chi connectivity index (χ4n) is 1.66. The van der Waals surface area contributed by atoms with Gasteiger partial charge in [-0.2, -0.15) is 0 Å². The van der Waals surface area contributed by atoms with Crippen LogP contribution < -0.4 is 14.2 Å². The topological polar surface area (TPSA) is 30.9 Å². The second-order valence-electron chi connectivity index (χ2n) is 4.35. The molecule has 0 heterocycles. The molecule has 4 nitrogen and oxygen atoms in total. The first-order valence-corrected chi connectivity index (χ1v) is 6.17. The van der Waals surface area contributed by atoms with Gasteiger partial charge in [-0.05, 0) is 45.6 Å². The summed E-state index contributed by atoms with van der Waals surface area (Å²) in [6, 6.07) is 5.63. The van der Waals surface area contributed by atoms with Crippen LogP contribution in [-0.4, -0.2) is 46.4 Å². The first-order valence-electron chi connectivity index (χ1n) is 6.17. The predicted molar refractivity (Wildman–Crippen MR) is 72.8 cm³/mol. The van der Waals surface area contributed by atoms with Crippen molar-refractivity contribution in [3.8, 4) is 17.2 Å². The van der Waals surface area contributed by atoms with Crippen molar-refractivity contribution < 1.29 is 14.2 Å². The van der Waals surface area contributed by atoms with E-state index in [2.05, 4.69) is 19.0 Å². The molecule has 102 valence electrons. The van der Waals surface area contributed by atoms with E-state index in [9.17, 15) is 0 Å². The highest BCUT2D eigenvalue weighted by Crippen LogP contribution is 2.36. The molecule has 0 aliphatic heterocycles. The lowest BCUT2D eigenvalue weighted by Crippen LogP contribution is -2.13. The summed E-state index contributed by atoms with van der Waals surface area (Å²) in [6.07, 6.45) is 2.13. The zero-order chi connectivity index (χ0) is 13.4. The van der Waals surface area contributed by atoms with E-state index >= 15 is 0 Å². The summed E-state index contributed by atoms with van der Waals surface area (Å²) in [5.41, 5.74) is 0. The fraction of sp³-hybridized carbons (Fsp3) is 0.571. The highest BCUT2D eigenvalue weighted by molar-refractivity contribution is 5.51. The first-order chi connectivity index (χ1) is 8.69. The Kier molecular flexibility index (Phi) is 6.36. The number of nitrogens with zero attached hydrogens (tertiary/aromatic N) is 1. The lowest BCUT2D eigenvalue weighted by molar-refractivity contribution is 0.262. The smallest absolute Gasteiger partial charge is 0.203 e. The van der Waals surface area contributed by atoms with Gasteiger partial charge in [0, 0.05) is 0 Å². The Bertz CT molecular complexity index is 331. The number of hydrogen-bond donors (Lipinski definition) is 0. The minimum atomic E-state index is 0.671. The number of para-hydroxylation sites is 1. The minimum Gasteiger partial charge on any atom is -0.493 e. The van der Waals surface area contributed by atoms with Gasteiger partial charge in [-0.3, -0.25) is 0 Å². The number of ether oxygens (including phenoxy) is 3. The van der Waals surface area contributed by atoms with Crippen LogP contribution in [0.4, 0.5) is 0 Å². The third-order valence-corrected chi connectivity index (χ3v) is 2.63. The third kappa shape index (κ3) is 4.45. The van der Waals surface area contributed by atoms with E-state index in [4.69, 9.17) is 14.2 Å². The average molecular weight is 253 g/mol. The number of unbranched alkanes of at least 4 members (excludes halogenated alkanes) is 1. The molecule has 0 atom stereocenters. The highest BCUT2D eigenvalue weighted by Gasteiger charge is 2.10. The quantitative estimate of drug-likeness (QED) is 0.666. The van der Waals surface area contributed by atoms with Crippen molar-refractivity contribution in [3.63, 3.8) is 0 Å². The van der Waals surface area contributed by atoms with Crippen LogP contribution >= 0.6 is 0 Å². The Hall–Kier alpha value is -1.42. The van der Waals surface area contributed by atoms with Crippen LogP contribution in [0.15, 0.2) is 18.2 Å². The molecular formula is C14H23NO3. The number of benzene rings is 1. The molecule has 0 aliphatic carbocycles. The molecule has 0 bridgehead atoms. The summed E-state index contributed by atoms with van der Waals surface area (Å²) in [5, 5.41) is 0. The van der Waals surface area contributed by atoms with Crippen molar-refractivity contribution in [3.05, 3.63) is 18.2 Å². The monoisotopic (exact) mass is 253 g/mol. The fourth-order valence-corrected chi connectivity index (χ4v) is 1.66. The van der Waals surface area contributed by atoms with Crippen LogP contribution in [0.5, 0.6) is 17.2 Å². The van der Waals surface area contributed by atoms with E-state index in [0.717, 1.165) is 19.4 Å². The molecule has 1 aromatic rings. The Morgan fingerprint density at radius 1 is 1.00 bits per heavy atom. The van der Waals surface area contributed by atoms with Crippen molar-refractivity contribution in [1.82, 2.24) is 4.90 Å². The minimum absolute atomic E-state index is 0.671. The van der Waals surface area contributed by atoms with Gasteiger partial charge in [-0.25, -0.2) is 0 Å². The molecule has 0 saturated heterocycles. The van der Waals surface area contributed by atoms with Crippen molar-refractivity contribution in [2.24, 2.45) is 0 Å². The van der Waals surface area contributed by atoms with Gasteiger partial charge in [-0.1, -0.05) is 6.07 Å². The Balaban J connectivity index is 2.50. The molecule has 0 saturated carbocycles. The maximum atomic E-state index is 5.76. The summed E-state index contributed by atoms with van der Waals surface area (Å²) in [4.78, 5) is 2.17. The SMILES string of the molecule is COc1cccc(OC)c1OCCCCN(C)C. The zero-order valence-corrected chi connectivity index (χ0v) is 11.7. The second-order valence-corrected chi connectivity index (χ2v) is 4.35. The van der Waals surface area contributed by atoms with Gasteiger partial charge in [-0.15, -0.1) is 0 Å². The van der Waals surface area contributed by atoms with Crippen LogP contribution in [0.3, 0.4) is 0 Å². The van der Waals surface area contributed by atoms with Gasteiger partial charge >= 0.3 is 0 Å². The summed E-state index contributed by atoms with van der Waals surface area (Å²) in [7, 11) is 7.41. The number of rotatable bonds is 8. The van der Waals surface area contributed by atoms with E-state index in [1.807, 2.05) is 18.2 Å². The predicted octanol–water partition coefficient (Wildman–Crippen LogP) is 2.42. The summed E-state index contributed by atoms with van der Waals surface area (Å²) < 4.78 is 16.3. The molecule has 1 aromatic carbocycles. The van der Waals surface area contributed by atoms with Gasteiger partial charge in [0.1, 0.15) is 0 Å².